The van der Waals surface area contributed by atoms with E-state index < -0.39 is 16.9 Å². The number of nitrogens with zero attached hydrogens (tertiary/aromatic N) is 1. The Morgan fingerprint density at radius 1 is 1.31 bits per heavy atom. The number of benzene rings is 1. The molecule has 0 fully saturated rings. The maximum Gasteiger partial charge on any atom is 0.270 e. The molecule has 0 aliphatic rings. The molecule has 0 radical (unpaired) electrons. The van der Waals surface area contributed by atoms with Crippen molar-refractivity contribution in [2.45, 2.75) is 12.6 Å². The highest BCUT2D eigenvalue weighted by atomic mass is 35.5. The molecule has 0 saturated heterocycles. The van der Waals surface area contributed by atoms with Crippen molar-refractivity contribution in [3.05, 3.63) is 83.2 Å². The van der Waals surface area contributed by atoms with Crippen molar-refractivity contribution in [3.63, 3.8) is 0 Å². The summed E-state index contributed by atoms with van der Waals surface area (Å²) in [5, 5.41) is 27.8. The average Bonchev–Trinajstić information content (AvgIpc) is 3.31. The molecule has 0 spiro atoms. The van der Waals surface area contributed by atoms with Gasteiger partial charge < -0.3 is 10.4 Å². The number of nitro benzene ring substituents is 1. The van der Waals surface area contributed by atoms with Crippen molar-refractivity contribution in [2.75, 3.05) is 0 Å². The van der Waals surface area contributed by atoms with Crippen molar-refractivity contribution >= 4 is 45.9 Å². The van der Waals surface area contributed by atoms with Gasteiger partial charge in [-0.15, -0.1) is 11.3 Å². The van der Waals surface area contributed by atoms with Crippen LogP contribution in [0.15, 0.2) is 47.2 Å². The summed E-state index contributed by atoms with van der Waals surface area (Å²) in [7, 11) is 0. The van der Waals surface area contributed by atoms with Gasteiger partial charge in [-0.3, -0.25) is 14.9 Å². The van der Waals surface area contributed by atoms with E-state index in [1.165, 1.54) is 34.8 Å². The number of aliphatic hydroxyl groups excluding tert-OH is 1. The molecule has 0 aliphatic carbocycles. The third-order valence-electron chi connectivity index (χ3n) is 3.64. The molecule has 2 heterocycles. The summed E-state index contributed by atoms with van der Waals surface area (Å²) in [5.41, 5.74) is 0.684. The van der Waals surface area contributed by atoms with Crippen LogP contribution in [-0.2, 0) is 6.54 Å². The number of carbonyl (C=O) groups is 1. The van der Waals surface area contributed by atoms with Gasteiger partial charge in [0.15, 0.2) is 0 Å². The van der Waals surface area contributed by atoms with Gasteiger partial charge in [-0.25, -0.2) is 0 Å². The highest BCUT2D eigenvalue weighted by Gasteiger charge is 2.17. The molecule has 0 saturated carbocycles. The first-order valence-corrected chi connectivity index (χ1v) is 9.60. The van der Waals surface area contributed by atoms with Gasteiger partial charge in [-0.1, -0.05) is 11.6 Å². The number of rotatable bonds is 6. The van der Waals surface area contributed by atoms with Gasteiger partial charge in [0, 0.05) is 21.9 Å². The number of nitro groups is 1. The van der Waals surface area contributed by atoms with Crippen LogP contribution in [0.25, 0.3) is 0 Å². The van der Waals surface area contributed by atoms with Crippen molar-refractivity contribution in [1.29, 1.82) is 0 Å². The monoisotopic (exact) mass is 408 g/mol. The fraction of sp³-hybridized carbons (Fsp3) is 0.118. The van der Waals surface area contributed by atoms with Crippen molar-refractivity contribution < 1.29 is 14.8 Å². The van der Waals surface area contributed by atoms with E-state index in [1.807, 2.05) is 29.0 Å². The Morgan fingerprint density at radius 3 is 2.81 bits per heavy atom. The standard InChI is InChI=1S/C17H13ClN2O4S2/c18-14-3-1-11(20(23)24)7-13(14)17(22)19-8-12-2-4-15(26-12)16(21)10-5-6-25-9-10/h1-7,9,16,21H,8H2,(H,19,22). The van der Waals surface area contributed by atoms with E-state index >= 15 is 0 Å². The van der Waals surface area contributed by atoms with E-state index in [2.05, 4.69) is 5.32 Å². The number of nitrogens with one attached hydrogen (secondary N) is 1. The normalized spacial score (nSPS) is 11.9. The van der Waals surface area contributed by atoms with Crippen LogP contribution in [0.5, 0.6) is 0 Å². The van der Waals surface area contributed by atoms with E-state index in [0.29, 0.717) is 0 Å². The van der Waals surface area contributed by atoms with Crippen LogP contribution >= 0.6 is 34.3 Å². The molecule has 6 nitrogen and oxygen atoms in total. The number of non-ortho nitro benzene ring substituents is 1. The Kier molecular flexibility index (Phi) is 5.67. The lowest BCUT2D eigenvalue weighted by Crippen LogP contribution is -2.22. The van der Waals surface area contributed by atoms with Gasteiger partial charge in [0.05, 0.1) is 22.1 Å². The van der Waals surface area contributed by atoms with Crippen molar-refractivity contribution in [3.8, 4) is 0 Å². The van der Waals surface area contributed by atoms with Crippen molar-refractivity contribution in [1.82, 2.24) is 5.32 Å². The summed E-state index contributed by atoms with van der Waals surface area (Å²) in [6.45, 7) is 0.235. The molecule has 1 atom stereocenters. The average molecular weight is 409 g/mol. The van der Waals surface area contributed by atoms with Gasteiger partial charge in [-0.2, -0.15) is 11.3 Å². The quantitative estimate of drug-likeness (QED) is 0.467. The number of aliphatic hydroxyl groups is 1. The van der Waals surface area contributed by atoms with Crippen molar-refractivity contribution in [2.24, 2.45) is 0 Å². The summed E-state index contributed by atoms with van der Waals surface area (Å²) in [5.74, 6) is -0.493. The van der Waals surface area contributed by atoms with E-state index in [4.69, 9.17) is 11.6 Å². The molecule has 1 amide bonds. The first-order chi connectivity index (χ1) is 12.5. The second-order valence-corrected chi connectivity index (χ2v) is 7.75. The lowest BCUT2D eigenvalue weighted by atomic mass is 10.1. The van der Waals surface area contributed by atoms with Crippen LogP contribution in [-0.4, -0.2) is 15.9 Å². The highest BCUT2D eigenvalue weighted by molar-refractivity contribution is 7.12. The third-order valence-corrected chi connectivity index (χ3v) is 5.81. The number of halogens is 1. The Hall–Kier alpha value is -2.26. The first-order valence-electron chi connectivity index (χ1n) is 7.46. The minimum atomic E-state index is -0.693. The molecule has 2 aromatic heterocycles. The second kappa shape index (κ2) is 7.96. The Balaban J connectivity index is 1.67. The Morgan fingerprint density at radius 2 is 2.12 bits per heavy atom. The first kappa shape index (κ1) is 18.5. The maximum atomic E-state index is 12.3. The fourth-order valence-corrected chi connectivity index (χ4v) is 4.14. The van der Waals surface area contributed by atoms with Crippen LogP contribution in [0.4, 0.5) is 5.69 Å². The van der Waals surface area contributed by atoms with Gasteiger partial charge in [0.25, 0.3) is 11.6 Å². The summed E-state index contributed by atoms with van der Waals surface area (Å²) in [4.78, 5) is 24.2. The molecule has 2 N–H and O–H groups in total. The molecule has 0 bridgehead atoms. The summed E-state index contributed by atoms with van der Waals surface area (Å²) in [6, 6.07) is 9.23. The number of hydrogen-bond acceptors (Lipinski definition) is 6. The number of amides is 1. The van der Waals surface area contributed by atoms with Crippen LogP contribution in [0.3, 0.4) is 0 Å². The molecule has 0 aliphatic heterocycles. The number of carbonyl (C=O) groups excluding carboxylic acids is 1. The molecule has 134 valence electrons. The number of thiophene rings is 2. The lowest BCUT2D eigenvalue weighted by Gasteiger charge is -2.07. The maximum absolute atomic E-state index is 12.3. The van der Waals surface area contributed by atoms with E-state index in [-0.39, 0.29) is 22.8 Å². The van der Waals surface area contributed by atoms with Crippen LogP contribution in [0.2, 0.25) is 5.02 Å². The topological polar surface area (TPSA) is 92.5 Å². The molecule has 26 heavy (non-hydrogen) atoms. The lowest BCUT2D eigenvalue weighted by molar-refractivity contribution is -0.384. The zero-order valence-electron chi connectivity index (χ0n) is 13.2. The largest absolute Gasteiger partial charge is 0.383 e. The van der Waals surface area contributed by atoms with E-state index in [9.17, 15) is 20.0 Å². The molecule has 3 aromatic rings. The molecule has 3 rings (SSSR count). The second-order valence-electron chi connectivity index (χ2n) is 5.37. The van der Waals surface area contributed by atoms with Gasteiger partial charge in [0.1, 0.15) is 6.10 Å². The number of hydrogen-bond donors (Lipinski definition) is 2. The van der Waals surface area contributed by atoms with Gasteiger partial charge in [-0.05, 0) is 40.6 Å². The van der Waals surface area contributed by atoms with Gasteiger partial charge in [0.2, 0.25) is 0 Å². The van der Waals surface area contributed by atoms with Gasteiger partial charge >= 0.3 is 0 Å². The van der Waals surface area contributed by atoms with E-state index in [1.54, 1.807) is 0 Å². The van der Waals surface area contributed by atoms with Crippen LogP contribution in [0.1, 0.15) is 31.8 Å². The Labute approximate surface area is 161 Å². The SMILES string of the molecule is O=C(NCc1ccc(C(O)c2ccsc2)s1)c1cc([N+](=O)[O-])ccc1Cl. The van der Waals surface area contributed by atoms with Crippen LogP contribution in [0, 0.1) is 10.1 Å². The van der Waals surface area contributed by atoms with Crippen LogP contribution < -0.4 is 5.32 Å². The highest BCUT2D eigenvalue weighted by Crippen LogP contribution is 2.29. The zero-order valence-corrected chi connectivity index (χ0v) is 15.6. The predicted molar refractivity (Wildman–Crippen MR) is 102 cm³/mol. The minimum Gasteiger partial charge on any atom is -0.383 e. The summed E-state index contributed by atoms with van der Waals surface area (Å²) >= 11 is 8.87. The zero-order chi connectivity index (χ0) is 18.7. The summed E-state index contributed by atoms with van der Waals surface area (Å²) in [6.07, 6.45) is -0.693. The molecule has 9 heteroatoms. The minimum absolute atomic E-state index is 0.0518. The summed E-state index contributed by atoms with van der Waals surface area (Å²) < 4.78 is 0. The molecular formula is C17H13ClN2O4S2. The smallest absolute Gasteiger partial charge is 0.270 e. The molecule has 1 aromatic carbocycles. The van der Waals surface area contributed by atoms with E-state index in [0.717, 1.165) is 21.4 Å². The fourth-order valence-electron chi connectivity index (χ4n) is 2.29. The predicted octanol–water partition coefficient (Wildman–Crippen LogP) is 4.38. The third kappa shape index (κ3) is 4.10. The molecule has 1 unspecified atom stereocenters. The molecular weight excluding hydrogens is 396 g/mol. The Bertz CT molecular complexity index is 940.